The quantitative estimate of drug-likeness (QED) is 0.463. The highest BCUT2D eigenvalue weighted by Gasteiger charge is 2.48. The number of anilines is 1. The van der Waals surface area contributed by atoms with Crippen molar-refractivity contribution in [1.82, 2.24) is 0 Å². The number of non-ortho nitro benzene ring substituents is 1. The van der Waals surface area contributed by atoms with Crippen LogP contribution in [0, 0.1) is 15.5 Å². The Morgan fingerprint density at radius 3 is 2.67 bits per heavy atom. The molecule has 0 amide bonds. The van der Waals surface area contributed by atoms with Gasteiger partial charge in [0, 0.05) is 35.0 Å². The third-order valence-corrected chi connectivity index (χ3v) is 5.36. The number of hydrogen-bond acceptors (Lipinski definition) is 4. The third kappa shape index (κ3) is 3.13. The topological polar surface area (TPSA) is 92.5 Å². The van der Waals surface area contributed by atoms with E-state index in [0.29, 0.717) is 23.4 Å². The van der Waals surface area contributed by atoms with E-state index in [1.165, 1.54) is 37.5 Å². The van der Waals surface area contributed by atoms with Crippen LogP contribution >= 0.6 is 0 Å². The summed E-state index contributed by atoms with van der Waals surface area (Å²) in [6.45, 7) is 1.76. The van der Waals surface area contributed by atoms with E-state index in [4.69, 9.17) is 0 Å². The lowest BCUT2D eigenvalue weighted by Crippen LogP contribution is -2.49. The number of nitro groups is 1. The highest BCUT2D eigenvalue weighted by molar-refractivity contribution is 5.93. The molecule has 0 radical (unpaired) electrons. The summed E-state index contributed by atoms with van der Waals surface area (Å²) in [5.74, 6) is -0.993. The van der Waals surface area contributed by atoms with Gasteiger partial charge in [-0.25, -0.2) is 4.79 Å². The Labute approximate surface area is 140 Å². The van der Waals surface area contributed by atoms with Crippen LogP contribution < -0.4 is 5.32 Å². The minimum absolute atomic E-state index is 0.0308. The highest BCUT2D eigenvalue weighted by Crippen LogP contribution is 2.56. The second-order valence-electron chi connectivity index (χ2n) is 6.96. The first-order chi connectivity index (χ1) is 11.4. The number of nitrogens with zero attached hydrogens (tertiary/aromatic N) is 1. The third-order valence-electron chi connectivity index (χ3n) is 5.36. The van der Waals surface area contributed by atoms with E-state index in [-0.39, 0.29) is 11.3 Å². The van der Waals surface area contributed by atoms with Crippen LogP contribution in [0.1, 0.15) is 51.0 Å². The molecule has 0 aliphatic heterocycles. The van der Waals surface area contributed by atoms with E-state index >= 15 is 0 Å². The molecule has 2 saturated carbocycles. The molecule has 6 heteroatoms. The Morgan fingerprint density at radius 1 is 1.46 bits per heavy atom. The lowest BCUT2D eigenvalue weighted by molar-refractivity contribution is -0.384. The molecule has 2 N–H and O–H groups in total. The van der Waals surface area contributed by atoms with Crippen molar-refractivity contribution < 1.29 is 14.8 Å². The molecule has 0 heterocycles. The molecule has 24 heavy (non-hydrogen) atoms. The smallest absolute Gasteiger partial charge is 0.331 e. The summed E-state index contributed by atoms with van der Waals surface area (Å²) in [6.07, 6.45) is 8.09. The molecular formula is C18H22N2O4. The van der Waals surface area contributed by atoms with Gasteiger partial charge in [0.1, 0.15) is 0 Å². The van der Waals surface area contributed by atoms with Gasteiger partial charge in [-0.2, -0.15) is 0 Å². The van der Waals surface area contributed by atoms with E-state index in [0.717, 1.165) is 18.5 Å². The monoisotopic (exact) mass is 330 g/mol. The Bertz CT molecular complexity index is 699. The first-order valence-electron chi connectivity index (χ1n) is 8.41. The van der Waals surface area contributed by atoms with Crippen molar-refractivity contribution in [3.63, 3.8) is 0 Å². The molecular weight excluding hydrogens is 308 g/mol. The van der Waals surface area contributed by atoms with E-state index < -0.39 is 10.9 Å². The highest BCUT2D eigenvalue weighted by atomic mass is 16.6. The standard InChI is InChI=1S/C18H22N2O4/c1-2-12(17(21)22)8-13-9-15(20(23)24)4-5-16(13)19-14-10-18(11-14)6-3-7-18/h4-5,8-9,14,19H,2-3,6-7,10-11H2,1H3,(H,21,22). The van der Waals surface area contributed by atoms with Crippen molar-refractivity contribution >= 4 is 23.4 Å². The van der Waals surface area contributed by atoms with Gasteiger partial charge in [-0.3, -0.25) is 10.1 Å². The number of carboxylic acid groups (broad SMARTS) is 1. The molecule has 1 spiro atoms. The zero-order valence-corrected chi connectivity index (χ0v) is 13.7. The summed E-state index contributed by atoms with van der Waals surface area (Å²) in [6, 6.07) is 4.96. The second kappa shape index (κ2) is 6.26. The Balaban J connectivity index is 1.84. The Morgan fingerprint density at radius 2 is 2.17 bits per heavy atom. The van der Waals surface area contributed by atoms with Gasteiger partial charge in [-0.15, -0.1) is 0 Å². The summed E-state index contributed by atoms with van der Waals surface area (Å²) in [4.78, 5) is 21.8. The van der Waals surface area contributed by atoms with Gasteiger partial charge >= 0.3 is 5.97 Å². The number of hydrogen-bond donors (Lipinski definition) is 2. The maximum atomic E-state index is 11.3. The van der Waals surface area contributed by atoms with Crippen molar-refractivity contribution in [2.24, 2.45) is 5.41 Å². The average Bonchev–Trinajstić information content (AvgIpc) is 2.46. The van der Waals surface area contributed by atoms with Crippen molar-refractivity contribution in [3.8, 4) is 0 Å². The molecule has 3 rings (SSSR count). The van der Waals surface area contributed by atoms with E-state index in [1.54, 1.807) is 13.0 Å². The van der Waals surface area contributed by atoms with Gasteiger partial charge in [0.25, 0.3) is 5.69 Å². The molecule has 128 valence electrons. The molecule has 0 atom stereocenters. The summed E-state index contributed by atoms with van der Waals surface area (Å²) < 4.78 is 0. The number of nitrogens with one attached hydrogen (secondary N) is 1. The fourth-order valence-electron chi connectivity index (χ4n) is 3.81. The average molecular weight is 330 g/mol. The second-order valence-corrected chi connectivity index (χ2v) is 6.96. The van der Waals surface area contributed by atoms with E-state index in [9.17, 15) is 20.0 Å². The molecule has 0 saturated heterocycles. The molecule has 2 aliphatic carbocycles. The predicted molar refractivity (Wildman–Crippen MR) is 91.9 cm³/mol. The number of aliphatic carboxylic acids is 1. The first kappa shape index (κ1) is 16.5. The number of carbonyl (C=O) groups is 1. The molecule has 1 aromatic rings. The van der Waals surface area contributed by atoms with Crippen LogP contribution in [0.5, 0.6) is 0 Å². The number of nitro benzene ring substituents is 1. The Hall–Kier alpha value is -2.37. The fraction of sp³-hybridized carbons (Fsp3) is 0.500. The van der Waals surface area contributed by atoms with Gasteiger partial charge < -0.3 is 10.4 Å². The zero-order valence-electron chi connectivity index (χ0n) is 13.7. The number of rotatable bonds is 6. The molecule has 6 nitrogen and oxygen atoms in total. The molecule has 0 aromatic heterocycles. The van der Waals surface area contributed by atoms with Crippen LogP contribution in [0.25, 0.3) is 6.08 Å². The van der Waals surface area contributed by atoms with Crippen LogP contribution in [0.4, 0.5) is 11.4 Å². The van der Waals surface area contributed by atoms with Gasteiger partial charge in [-0.1, -0.05) is 13.3 Å². The lowest BCUT2D eigenvalue weighted by Gasteiger charge is -2.54. The lowest BCUT2D eigenvalue weighted by atomic mass is 9.54. The maximum Gasteiger partial charge on any atom is 0.331 e. The summed E-state index contributed by atoms with van der Waals surface area (Å²) in [7, 11) is 0. The van der Waals surface area contributed by atoms with Crippen LogP contribution in [0.15, 0.2) is 23.8 Å². The SMILES string of the molecule is CCC(=Cc1cc([N+](=O)[O-])ccc1NC1CC2(CCC2)C1)C(=O)O. The van der Waals surface area contributed by atoms with Gasteiger partial charge in [0.15, 0.2) is 0 Å². The summed E-state index contributed by atoms with van der Waals surface area (Å²) in [5.41, 5.74) is 2.08. The first-order valence-corrected chi connectivity index (χ1v) is 8.41. The molecule has 0 unspecified atom stereocenters. The zero-order chi connectivity index (χ0) is 17.3. The minimum atomic E-state index is -0.993. The maximum absolute atomic E-state index is 11.3. The largest absolute Gasteiger partial charge is 0.478 e. The minimum Gasteiger partial charge on any atom is -0.478 e. The van der Waals surface area contributed by atoms with Crippen LogP contribution in [-0.2, 0) is 4.79 Å². The van der Waals surface area contributed by atoms with Crippen molar-refractivity contribution in [1.29, 1.82) is 0 Å². The normalized spacial score (nSPS) is 19.5. The van der Waals surface area contributed by atoms with Crippen molar-refractivity contribution in [3.05, 3.63) is 39.4 Å². The fourth-order valence-corrected chi connectivity index (χ4v) is 3.81. The van der Waals surface area contributed by atoms with Crippen LogP contribution in [0.2, 0.25) is 0 Å². The number of benzene rings is 1. The van der Waals surface area contributed by atoms with E-state index in [2.05, 4.69) is 5.32 Å². The van der Waals surface area contributed by atoms with Gasteiger partial charge in [0.2, 0.25) is 0 Å². The van der Waals surface area contributed by atoms with Gasteiger partial charge in [-0.05, 0) is 49.7 Å². The molecule has 2 aliphatic rings. The van der Waals surface area contributed by atoms with Crippen molar-refractivity contribution in [2.45, 2.75) is 51.5 Å². The molecule has 1 aromatic carbocycles. The molecule has 0 bridgehead atoms. The number of carboxylic acids is 1. The summed E-state index contributed by atoms with van der Waals surface area (Å²) in [5, 5.41) is 23.7. The van der Waals surface area contributed by atoms with Crippen LogP contribution in [-0.4, -0.2) is 22.0 Å². The molecule has 2 fully saturated rings. The van der Waals surface area contributed by atoms with E-state index in [1.807, 2.05) is 0 Å². The summed E-state index contributed by atoms with van der Waals surface area (Å²) >= 11 is 0. The van der Waals surface area contributed by atoms with Crippen molar-refractivity contribution in [2.75, 3.05) is 5.32 Å². The predicted octanol–water partition coefficient (Wildman–Crippen LogP) is 4.22. The van der Waals surface area contributed by atoms with Crippen LogP contribution in [0.3, 0.4) is 0 Å². The Kier molecular flexibility index (Phi) is 4.30. The van der Waals surface area contributed by atoms with Gasteiger partial charge in [0.05, 0.1) is 4.92 Å².